The van der Waals surface area contributed by atoms with Crippen molar-refractivity contribution in [1.82, 2.24) is 10.2 Å². The summed E-state index contributed by atoms with van der Waals surface area (Å²) >= 11 is 1.45. The lowest BCUT2D eigenvalue weighted by molar-refractivity contribution is -0.115. The molecule has 6 heteroatoms. The van der Waals surface area contributed by atoms with Crippen LogP contribution in [0.25, 0.3) is 0 Å². The molecule has 0 saturated carbocycles. The summed E-state index contributed by atoms with van der Waals surface area (Å²) in [6.45, 7) is 4.26. The monoisotopic (exact) mass is 279 g/mol. The van der Waals surface area contributed by atoms with Crippen molar-refractivity contribution in [2.45, 2.75) is 39.0 Å². The summed E-state index contributed by atoms with van der Waals surface area (Å²) in [4.78, 5) is 11.8. The second-order valence-electron chi connectivity index (χ2n) is 4.26. The first kappa shape index (κ1) is 13.7. The summed E-state index contributed by atoms with van der Waals surface area (Å²) in [6, 6.07) is 3.54. The van der Waals surface area contributed by atoms with Gasteiger partial charge in [0, 0.05) is 5.92 Å². The van der Waals surface area contributed by atoms with E-state index in [0.29, 0.717) is 16.8 Å². The van der Waals surface area contributed by atoms with Crippen molar-refractivity contribution < 1.29 is 9.21 Å². The Hall–Kier alpha value is -1.69. The van der Waals surface area contributed by atoms with E-state index in [1.807, 2.05) is 0 Å². The number of aromatic nitrogens is 2. The molecule has 0 unspecified atom stereocenters. The SMILES string of the molecule is CCC(CC)c1nnc(NC(=O)Cc2ccco2)s1. The predicted molar refractivity (Wildman–Crippen MR) is 74.3 cm³/mol. The van der Waals surface area contributed by atoms with E-state index in [0.717, 1.165) is 17.8 Å². The second kappa shape index (κ2) is 6.47. The zero-order valence-corrected chi connectivity index (χ0v) is 11.9. The van der Waals surface area contributed by atoms with Gasteiger partial charge in [-0.25, -0.2) is 0 Å². The Labute approximate surface area is 116 Å². The molecule has 0 radical (unpaired) electrons. The highest BCUT2D eigenvalue weighted by Gasteiger charge is 2.15. The van der Waals surface area contributed by atoms with Gasteiger partial charge in [-0.3, -0.25) is 4.79 Å². The van der Waals surface area contributed by atoms with Crippen LogP contribution in [-0.4, -0.2) is 16.1 Å². The van der Waals surface area contributed by atoms with E-state index >= 15 is 0 Å². The summed E-state index contributed by atoms with van der Waals surface area (Å²) in [6.07, 6.45) is 3.84. The number of anilines is 1. The van der Waals surface area contributed by atoms with Crippen LogP contribution >= 0.6 is 11.3 Å². The summed E-state index contributed by atoms with van der Waals surface area (Å²) in [5.41, 5.74) is 0. The number of nitrogens with zero attached hydrogens (tertiary/aromatic N) is 2. The Bertz CT molecular complexity index is 518. The molecule has 19 heavy (non-hydrogen) atoms. The van der Waals surface area contributed by atoms with Gasteiger partial charge in [0.2, 0.25) is 11.0 Å². The summed E-state index contributed by atoms with van der Waals surface area (Å²) in [5, 5.41) is 12.4. The van der Waals surface area contributed by atoms with Gasteiger partial charge in [0.15, 0.2) is 0 Å². The standard InChI is InChI=1S/C13H17N3O2S/c1-3-9(4-2)12-15-16-13(19-12)14-11(17)8-10-6-5-7-18-10/h5-7,9H,3-4,8H2,1-2H3,(H,14,16,17). The molecule has 2 heterocycles. The van der Waals surface area contributed by atoms with Crippen LogP contribution in [0, 0.1) is 0 Å². The van der Waals surface area contributed by atoms with Crippen LogP contribution in [0.2, 0.25) is 0 Å². The minimum atomic E-state index is -0.137. The van der Waals surface area contributed by atoms with Crippen molar-refractivity contribution in [2.75, 3.05) is 5.32 Å². The minimum Gasteiger partial charge on any atom is -0.469 e. The van der Waals surface area contributed by atoms with Gasteiger partial charge in [-0.1, -0.05) is 25.2 Å². The number of hydrogen-bond acceptors (Lipinski definition) is 5. The number of nitrogens with one attached hydrogen (secondary N) is 1. The molecule has 0 aliphatic heterocycles. The summed E-state index contributed by atoms with van der Waals surface area (Å²) in [7, 11) is 0. The third kappa shape index (κ3) is 3.64. The minimum absolute atomic E-state index is 0.137. The van der Waals surface area contributed by atoms with Crippen LogP contribution in [0.5, 0.6) is 0 Å². The predicted octanol–water partition coefficient (Wildman–Crippen LogP) is 3.22. The number of furan rings is 1. The number of carbonyl (C=O) groups is 1. The largest absolute Gasteiger partial charge is 0.469 e. The van der Waals surface area contributed by atoms with E-state index in [1.54, 1.807) is 18.4 Å². The molecule has 2 aromatic heterocycles. The van der Waals surface area contributed by atoms with Crippen molar-refractivity contribution in [1.29, 1.82) is 0 Å². The van der Waals surface area contributed by atoms with Crippen LogP contribution in [0.1, 0.15) is 43.4 Å². The quantitative estimate of drug-likeness (QED) is 0.881. The topological polar surface area (TPSA) is 68.0 Å². The smallest absolute Gasteiger partial charge is 0.233 e. The molecule has 5 nitrogen and oxygen atoms in total. The van der Waals surface area contributed by atoms with Crippen molar-refractivity contribution >= 4 is 22.4 Å². The molecule has 0 bridgehead atoms. The molecule has 0 aliphatic carbocycles. The maximum atomic E-state index is 11.8. The van der Waals surface area contributed by atoms with Crippen molar-refractivity contribution in [3.8, 4) is 0 Å². The molecule has 102 valence electrons. The maximum absolute atomic E-state index is 11.8. The molecule has 0 spiro atoms. The Morgan fingerprint density at radius 3 is 2.84 bits per heavy atom. The Morgan fingerprint density at radius 1 is 1.42 bits per heavy atom. The Kier molecular flexibility index (Phi) is 4.68. The van der Waals surface area contributed by atoms with Gasteiger partial charge in [0.05, 0.1) is 12.7 Å². The van der Waals surface area contributed by atoms with Crippen molar-refractivity contribution in [3.63, 3.8) is 0 Å². The van der Waals surface area contributed by atoms with E-state index in [2.05, 4.69) is 29.4 Å². The fourth-order valence-electron chi connectivity index (χ4n) is 1.82. The van der Waals surface area contributed by atoms with Crippen LogP contribution < -0.4 is 5.32 Å². The van der Waals surface area contributed by atoms with Gasteiger partial charge in [-0.15, -0.1) is 10.2 Å². The number of rotatable bonds is 6. The Morgan fingerprint density at radius 2 is 2.21 bits per heavy atom. The van der Waals surface area contributed by atoms with Crippen LogP contribution in [0.15, 0.2) is 22.8 Å². The lowest BCUT2D eigenvalue weighted by Gasteiger charge is -2.05. The summed E-state index contributed by atoms with van der Waals surface area (Å²) < 4.78 is 5.13. The van der Waals surface area contributed by atoms with Crippen LogP contribution in [0.4, 0.5) is 5.13 Å². The molecule has 1 N–H and O–H groups in total. The third-order valence-corrected chi connectivity index (χ3v) is 3.94. The average Bonchev–Trinajstić information content (AvgIpc) is 3.03. The lowest BCUT2D eigenvalue weighted by Crippen LogP contribution is -2.13. The van der Waals surface area contributed by atoms with E-state index in [9.17, 15) is 4.79 Å². The van der Waals surface area contributed by atoms with Gasteiger partial charge < -0.3 is 9.73 Å². The van der Waals surface area contributed by atoms with Crippen molar-refractivity contribution in [3.05, 3.63) is 29.2 Å². The Balaban J connectivity index is 1.94. The van der Waals surface area contributed by atoms with Gasteiger partial charge >= 0.3 is 0 Å². The highest BCUT2D eigenvalue weighted by molar-refractivity contribution is 7.15. The molecule has 0 aromatic carbocycles. The molecule has 2 rings (SSSR count). The fourth-order valence-corrected chi connectivity index (χ4v) is 2.85. The first-order chi connectivity index (χ1) is 9.22. The van der Waals surface area contributed by atoms with Gasteiger partial charge in [-0.05, 0) is 25.0 Å². The number of carbonyl (C=O) groups excluding carboxylic acids is 1. The number of amides is 1. The maximum Gasteiger partial charge on any atom is 0.233 e. The van der Waals surface area contributed by atoms with E-state index in [1.165, 1.54) is 11.3 Å². The molecule has 0 aliphatic rings. The van der Waals surface area contributed by atoms with Gasteiger partial charge in [-0.2, -0.15) is 0 Å². The first-order valence-corrected chi connectivity index (χ1v) is 7.20. The zero-order valence-electron chi connectivity index (χ0n) is 11.0. The highest BCUT2D eigenvalue weighted by Crippen LogP contribution is 2.28. The van der Waals surface area contributed by atoms with Crippen LogP contribution in [0.3, 0.4) is 0 Å². The third-order valence-electron chi connectivity index (χ3n) is 2.94. The van der Waals surface area contributed by atoms with Crippen LogP contribution in [-0.2, 0) is 11.2 Å². The van der Waals surface area contributed by atoms with Gasteiger partial charge in [0.1, 0.15) is 10.8 Å². The van der Waals surface area contributed by atoms with Gasteiger partial charge in [0.25, 0.3) is 0 Å². The highest BCUT2D eigenvalue weighted by atomic mass is 32.1. The normalized spacial score (nSPS) is 10.9. The fraction of sp³-hybridized carbons (Fsp3) is 0.462. The molecule has 0 saturated heterocycles. The molecular formula is C13H17N3O2S. The molecule has 0 fully saturated rings. The van der Waals surface area contributed by atoms with E-state index in [-0.39, 0.29) is 12.3 Å². The lowest BCUT2D eigenvalue weighted by atomic mass is 10.1. The van der Waals surface area contributed by atoms with Crippen molar-refractivity contribution in [2.24, 2.45) is 0 Å². The van der Waals surface area contributed by atoms with E-state index < -0.39 is 0 Å². The zero-order chi connectivity index (χ0) is 13.7. The average molecular weight is 279 g/mol. The molecule has 2 aromatic rings. The molecule has 0 atom stereocenters. The second-order valence-corrected chi connectivity index (χ2v) is 5.27. The van der Waals surface area contributed by atoms with E-state index in [4.69, 9.17) is 4.42 Å². The molecular weight excluding hydrogens is 262 g/mol. The molecule has 1 amide bonds. The summed E-state index contributed by atoms with van der Waals surface area (Å²) in [5.74, 6) is 0.928. The number of hydrogen-bond donors (Lipinski definition) is 1. The first-order valence-electron chi connectivity index (χ1n) is 6.38.